The van der Waals surface area contributed by atoms with Crippen molar-refractivity contribution in [1.82, 2.24) is 10.2 Å². The fraction of sp³-hybridized carbons (Fsp3) is 0.310. The number of unbranched alkanes of at least 4 members (excludes halogenated alkanes) is 1. The Hall–Kier alpha value is -3.67. The minimum absolute atomic E-state index is 0.138. The highest BCUT2D eigenvalue weighted by Crippen LogP contribution is 2.18. The summed E-state index contributed by atoms with van der Waals surface area (Å²) in [5.41, 5.74) is 2.54. The Labute approximate surface area is 206 Å². The van der Waals surface area contributed by atoms with Gasteiger partial charge in [0, 0.05) is 19.5 Å². The van der Waals surface area contributed by atoms with Gasteiger partial charge in [-0.2, -0.15) is 0 Å². The number of rotatable bonds is 12. The molecule has 35 heavy (non-hydrogen) atoms. The maximum absolute atomic E-state index is 13.6. The van der Waals surface area contributed by atoms with E-state index >= 15 is 0 Å². The number of halogens is 1. The Morgan fingerprint density at radius 2 is 1.57 bits per heavy atom. The zero-order chi connectivity index (χ0) is 25.0. The third-order valence-corrected chi connectivity index (χ3v) is 5.88. The van der Waals surface area contributed by atoms with Crippen molar-refractivity contribution < 1.29 is 18.7 Å². The van der Waals surface area contributed by atoms with Crippen LogP contribution in [0.5, 0.6) is 5.75 Å². The minimum Gasteiger partial charge on any atom is -0.497 e. The lowest BCUT2D eigenvalue weighted by Crippen LogP contribution is -2.51. The highest BCUT2D eigenvalue weighted by Gasteiger charge is 2.30. The summed E-state index contributed by atoms with van der Waals surface area (Å²) in [4.78, 5) is 28.6. The summed E-state index contributed by atoms with van der Waals surface area (Å²) < 4.78 is 18.7. The quantitative estimate of drug-likeness (QED) is 0.377. The summed E-state index contributed by atoms with van der Waals surface area (Å²) in [5.74, 6) is 0.00295. The molecular formula is C29H33FN2O3. The van der Waals surface area contributed by atoms with Crippen molar-refractivity contribution in [2.75, 3.05) is 13.7 Å². The maximum Gasteiger partial charge on any atom is 0.243 e. The largest absolute Gasteiger partial charge is 0.497 e. The lowest BCUT2D eigenvalue weighted by molar-refractivity contribution is -0.140. The van der Waals surface area contributed by atoms with Crippen molar-refractivity contribution in [3.05, 3.63) is 101 Å². The summed E-state index contributed by atoms with van der Waals surface area (Å²) in [5, 5.41) is 3.00. The second-order valence-corrected chi connectivity index (χ2v) is 8.52. The normalized spacial score (nSPS) is 11.5. The van der Waals surface area contributed by atoms with Crippen LogP contribution in [-0.2, 0) is 29.0 Å². The van der Waals surface area contributed by atoms with Gasteiger partial charge in [0.25, 0.3) is 0 Å². The summed E-state index contributed by atoms with van der Waals surface area (Å²) in [6.45, 7) is 2.82. The lowest BCUT2D eigenvalue weighted by Gasteiger charge is -2.31. The predicted molar refractivity (Wildman–Crippen MR) is 135 cm³/mol. The van der Waals surface area contributed by atoms with E-state index in [1.807, 2.05) is 54.6 Å². The molecule has 0 aliphatic heterocycles. The fourth-order valence-corrected chi connectivity index (χ4v) is 3.87. The van der Waals surface area contributed by atoms with E-state index < -0.39 is 6.04 Å². The van der Waals surface area contributed by atoms with Crippen LogP contribution in [0, 0.1) is 5.82 Å². The Balaban J connectivity index is 1.91. The van der Waals surface area contributed by atoms with Crippen LogP contribution in [0.1, 0.15) is 36.5 Å². The van der Waals surface area contributed by atoms with Crippen molar-refractivity contribution in [2.24, 2.45) is 0 Å². The molecular weight excluding hydrogens is 443 g/mol. The van der Waals surface area contributed by atoms with Gasteiger partial charge in [-0.25, -0.2) is 4.39 Å². The van der Waals surface area contributed by atoms with Crippen molar-refractivity contribution >= 4 is 11.8 Å². The van der Waals surface area contributed by atoms with E-state index in [2.05, 4.69) is 12.2 Å². The molecule has 0 fully saturated rings. The Morgan fingerprint density at radius 3 is 2.20 bits per heavy atom. The molecule has 1 unspecified atom stereocenters. The van der Waals surface area contributed by atoms with Gasteiger partial charge in [0.2, 0.25) is 11.8 Å². The molecule has 2 amide bonds. The molecule has 0 bridgehead atoms. The topological polar surface area (TPSA) is 58.6 Å². The van der Waals surface area contributed by atoms with Gasteiger partial charge in [0.1, 0.15) is 17.6 Å². The van der Waals surface area contributed by atoms with Gasteiger partial charge in [0.05, 0.1) is 13.5 Å². The number of methoxy groups -OCH3 is 1. The first kappa shape index (κ1) is 25.9. The van der Waals surface area contributed by atoms with Crippen LogP contribution in [0.25, 0.3) is 0 Å². The van der Waals surface area contributed by atoms with Crippen LogP contribution in [0.2, 0.25) is 0 Å². The Bertz CT molecular complexity index is 1070. The summed E-state index contributed by atoms with van der Waals surface area (Å²) >= 11 is 0. The zero-order valence-electron chi connectivity index (χ0n) is 20.4. The number of carbonyl (C=O) groups excluding carboxylic acids is 2. The van der Waals surface area contributed by atoms with Gasteiger partial charge in [-0.3, -0.25) is 9.59 Å². The molecule has 0 spiro atoms. The number of nitrogens with zero attached hydrogens (tertiary/aromatic N) is 1. The molecule has 3 aromatic carbocycles. The highest BCUT2D eigenvalue weighted by atomic mass is 19.1. The number of hydrogen-bond acceptors (Lipinski definition) is 3. The smallest absolute Gasteiger partial charge is 0.243 e. The number of nitrogens with one attached hydrogen (secondary N) is 1. The molecule has 0 aliphatic carbocycles. The van der Waals surface area contributed by atoms with Gasteiger partial charge in [-0.05, 0) is 47.4 Å². The van der Waals surface area contributed by atoms with Crippen LogP contribution in [-0.4, -0.2) is 36.4 Å². The fourth-order valence-electron chi connectivity index (χ4n) is 3.87. The van der Waals surface area contributed by atoms with E-state index in [0.717, 1.165) is 29.5 Å². The molecule has 6 heteroatoms. The number of benzene rings is 3. The zero-order valence-corrected chi connectivity index (χ0v) is 20.4. The molecule has 0 saturated carbocycles. The Kier molecular flexibility index (Phi) is 9.84. The van der Waals surface area contributed by atoms with E-state index in [-0.39, 0.29) is 30.6 Å². The first-order chi connectivity index (χ1) is 17.0. The average molecular weight is 477 g/mol. The molecule has 5 nitrogen and oxygen atoms in total. The number of carbonyl (C=O) groups is 2. The van der Waals surface area contributed by atoms with Gasteiger partial charge < -0.3 is 15.0 Å². The first-order valence-electron chi connectivity index (χ1n) is 12.0. The predicted octanol–water partition coefficient (Wildman–Crippen LogP) is 4.93. The average Bonchev–Trinajstić information content (AvgIpc) is 2.88. The minimum atomic E-state index is -0.704. The SMILES string of the molecule is CCCCNC(=O)C(Cc1ccccc1)N(Cc1ccc(F)cc1)C(=O)Cc1ccc(OC)cc1. The molecule has 0 aromatic heterocycles. The van der Waals surface area contributed by atoms with Crippen molar-refractivity contribution in [1.29, 1.82) is 0 Å². The second-order valence-electron chi connectivity index (χ2n) is 8.52. The van der Waals surface area contributed by atoms with Gasteiger partial charge in [0.15, 0.2) is 0 Å². The molecule has 184 valence electrons. The number of ether oxygens (including phenoxy) is 1. The van der Waals surface area contributed by atoms with Crippen LogP contribution in [0.15, 0.2) is 78.9 Å². The van der Waals surface area contributed by atoms with E-state index in [9.17, 15) is 14.0 Å². The molecule has 1 atom stereocenters. The van der Waals surface area contributed by atoms with E-state index in [1.54, 1.807) is 24.1 Å². The third-order valence-electron chi connectivity index (χ3n) is 5.88. The van der Waals surface area contributed by atoms with Crippen molar-refractivity contribution in [3.63, 3.8) is 0 Å². The standard InChI is InChI=1S/C29H33FN2O3/c1-3-4-18-31-29(34)27(19-22-8-6-5-7-9-22)32(21-24-10-14-25(30)15-11-24)28(33)20-23-12-16-26(35-2)17-13-23/h5-17,27H,3-4,18-21H2,1-2H3,(H,31,34). The summed E-state index contributed by atoms with van der Waals surface area (Å²) in [7, 11) is 1.59. The molecule has 0 aliphatic rings. The molecule has 3 aromatic rings. The number of amides is 2. The number of hydrogen-bond donors (Lipinski definition) is 1. The Morgan fingerprint density at radius 1 is 0.914 bits per heavy atom. The van der Waals surface area contributed by atoms with Crippen molar-refractivity contribution in [3.8, 4) is 5.75 Å². The maximum atomic E-state index is 13.6. The van der Waals surface area contributed by atoms with Crippen LogP contribution >= 0.6 is 0 Å². The van der Waals surface area contributed by atoms with Gasteiger partial charge in [-0.1, -0.05) is 67.9 Å². The molecule has 0 heterocycles. The van der Waals surface area contributed by atoms with E-state index in [0.29, 0.717) is 18.7 Å². The van der Waals surface area contributed by atoms with E-state index in [1.165, 1.54) is 12.1 Å². The third kappa shape index (κ3) is 7.95. The second kappa shape index (κ2) is 13.3. The highest BCUT2D eigenvalue weighted by molar-refractivity contribution is 5.88. The van der Waals surface area contributed by atoms with Crippen LogP contribution in [0.3, 0.4) is 0 Å². The van der Waals surface area contributed by atoms with Crippen LogP contribution in [0.4, 0.5) is 4.39 Å². The molecule has 0 radical (unpaired) electrons. The van der Waals surface area contributed by atoms with Crippen molar-refractivity contribution in [2.45, 2.75) is 45.2 Å². The molecule has 1 N–H and O–H groups in total. The molecule has 0 saturated heterocycles. The van der Waals surface area contributed by atoms with E-state index in [4.69, 9.17) is 4.74 Å². The van der Waals surface area contributed by atoms with Gasteiger partial charge in [-0.15, -0.1) is 0 Å². The molecule has 3 rings (SSSR count). The summed E-state index contributed by atoms with van der Waals surface area (Å²) in [6.07, 6.45) is 2.34. The monoisotopic (exact) mass is 476 g/mol. The summed E-state index contributed by atoms with van der Waals surface area (Å²) in [6, 6.07) is 22.3. The van der Waals surface area contributed by atoms with Crippen LogP contribution < -0.4 is 10.1 Å². The lowest BCUT2D eigenvalue weighted by atomic mass is 10.0. The first-order valence-corrected chi connectivity index (χ1v) is 12.0. The van der Waals surface area contributed by atoms with Gasteiger partial charge >= 0.3 is 0 Å².